The van der Waals surface area contributed by atoms with Crippen molar-refractivity contribution in [1.82, 2.24) is 0 Å². The number of carbonyl (C=O) groups is 1. The van der Waals surface area contributed by atoms with Crippen molar-refractivity contribution < 1.29 is 9.90 Å². The molecule has 0 spiro atoms. The Kier molecular flexibility index (Phi) is 29.6. The minimum Gasteiger partial charge on any atom is -0.481 e. The van der Waals surface area contributed by atoms with E-state index in [0.29, 0.717) is 6.42 Å². The van der Waals surface area contributed by atoms with Crippen LogP contribution in [-0.4, -0.2) is 11.1 Å². The summed E-state index contributed by atoms with van der Waals surface area (Å²) in [6, 6.07) is 0. The van der Waals surface area contributed by atoms with E-state index in [1.807, 2.05) is 0 Å². The Hall–Kier alpha value is -1.83. The topological polar surface area (TPSA) is 37.3 Å². The normalized spacial score (nSPS) is 12.5. The van der Waals surface area contributed by atoms with Gasteiger partial charge in [0.15, 0.2) is 0 Å². The van der Waals surface area contributed by atoms with E-state index in [4.69, 9.17) is 5.11 Å². The molecule has 0 aromatic carbocycles. The molecule has 0 aromatic rings. The van der Waals surface area contributed by atoms with E-state index >= 15 is 0 Å². The maximum absolute atomic E-state index is 10.5. The van der Waals surface area contributed by atoms with Crippen LogP contribution in [0.5, 0.6) is 0 Å². The number of aliphatic carboxylic acids is 1. The van der Waals surface area contributed by atoms with Gasteiger partial charge in [0.05, 0.1) is 0 Å². The van der Waals surface area contributed by atoms with Gasteiger partial charge in [0.2, 0.25) is 0 Å². The van der Waals surface area contributed by atoms with Crippen LogP contribution in [0.15, 0.2) is 60.8 Å². The van der Waals surface area contributed by atoms with Crippen LogP contribution in [-0.2, 0) is 4.79 Å². The van der Waals surface area contributed by atoms with Crippen LogP contribution in [0.25, 0.3) is 0 Å². The molecule has 0 bridgehead atoms. The summed E-state index contributed by atoms with van der Waals surface area (Å²) < 4.78 is 0. The predicted molar refractivity (Wildman–Crippen MR) is 161 cm³/mol. The van der Waals surface area contributed by atoms with Gasteiger partial charge < -0.3 is 5.11 Å². The molecular weight excluding hydrogens is 440 g/mol. The van der Waals surface area contributed by atoms with Crippen molar-refractivity contribution in [2.75, 3.05) is 0 Å². The number of rotatable bonds is 27. The zero-order chi connectivity index (χ0) is 26.2. The molecule has 2 heteroatoms. The lowest BCUT2D eigenvalue weighted by molar-refractivity contribution is -0.137. The maximum Gasteiger partial charge on any atom is 0.303 e. The van der Waals surface area contributed by atoms with E-state index in [1.54, 1.807) is 0 Å². The van der Waals surface area contributed by atoms with Crippen LogP contribution < -0.4 is 0 Å². The zero-order valence-corrected chi connectivity index (χ0v) is 23.7. The molecule has 0 amide bonds. The summed E-state index contributed by atoms with van der Waals surface area (Å²) in [6.07, 6.45) is 49.1. The van der Waals surface area contributed by atoms with Crippen molar-refractivity contribution in [3.63, 3.8) is 0 Å². The Labute approximate surface area is 224 Å². The number of hydrogen-bond acceptors (Lipinski definition) is 1. The van der Waals surface area contributed by atoms with Crippen molar-refractivity contribution >= 4 is 5.97 Å². The van der Waals surface area contributed by atoms with E-state index < -0.39 is 5.97 Å². The molecule has 1 N–H and O–H groups in total. The second-order valence-electron chi connectivity index (χ2n) is 9.94. The molecular formula is C34H58O2. The first-order chi connectivity index (χ1) is 17.8. The maximum atomic E-state index is 10.5. The van der Waals surface area contributed by atoms with Crippen molar-refractivity contribution in [3.05, 3.63) is 60.8 Å². The van der Waals surface area contributed by atoms with E-state index in [1.165, 1.54) is 89.9 Å². The molecule has 0 heterocycles. The number of carboxylic acid groups (broad SMARTS) is 1. The van der Waals surface area contributed by atoms with Gasteiger partial charge in [0.1, 0.15) is 0 Å². The van der Waals surface area contributed by atoms with Crippen molar-refractivity contribution in [3.8, 4) is 0 Å². The summed E-state index contributed by atoms with van der Waals surface area (Å²) in [6.45, 7) is 2.17. The van der Waals surface area contributed by atoms with Crippen molar-refractivity contribution in [1.29, 1.82) is 0 Å². The third kappa shape index (κ3) is 32.2. The summed E-state index contributed by atoms with van der Waals surface area (Å²) in [4.78, 5) is 10.5. The van der Waals surface area contributed by atoms with Gasteiger partial charge in [-0.05, 0) is 51.4 Å². The van der Waals surface area contributed by atoms with Gasteiger partial charge in [-0.25, -0.2) is 0 Å². The minimum atomic E-state index is -0.656. The van der Waals surface area contributed by atoms with Gasteiger partial charge in [-0.3, -0.25) is 4.79 Å². The van der Waals surface area contributed by atoms with Gasteiger partial charge in [0.25, 0.3) is 0 Å². The summed E-state index contributed by atoms with van der Waals surface area (Å²) in [7, 11) is 0. The lowest BCUT2D eigenvalue weighted by atomic mass is 10.0. The van der Waals surface area contributed by atoms with E-state index in [-0.39, 0.29) is 0 Å². The first kappa shape index (κ1) is 34.2. The van der Waals surface area contributed by atoms with Gasteiger partial charge in [-0.2, -0.15) is 0 Å². The Bertz CT molecular complexity index is 594. The second-order valence-corrected chi connectivity index (χ2v) is 9.94. The minimum absolute atomic E-state index is 0.338. The Morgan fingerprint density at radius 1 is 0.444 bits per heavy atom. The van der Waals surface area contributed by atoms with Gasteiger partial charge in [-0.1, -0.05) is 151 Å². The number of unbranched alkanes of at least 4 members (excludes halogenated alkanes) is 15. The Balaban J connectivity index is 3.25. The third-order valence-electron chi connectivity index (χ3n) is 6.42. The van der Waals surface area contributed by atoms with Crippen LogP contribution in [0.4, 0.5) is 0 Å². The predicted octanol–water partition coefficient (Wildman–Crippen LogP) is 11.5. The molecule has 0 aliphatic heterocycles. The molecule has 36 heavy (non-hydrogen) atoms. The van der Waals surface area contributed by atoms with E-state index in [2.05, 4.69) is 67.7 Å². The van der Waals surface area contributed by atoms with Crippen molar-refractivity contribution in [2.45, 2.75) is 148 Å². The molecule has 0 aromatic heterocycles. The van der Waals surface area contributed by atoms with Crippen LogP contribution in [0.3, 0.4) is 0 Å². The van der Waals surface area contributed by atoms with Crippen molar-refractivity contribution in [2.24, 2.45) is 0 Å². The molecule has 0 aliphatic rings. The summed E-state index contributed by atoms with van der Waals surface area (Å²) in [5.74, 6) is -0.656. The van der Waals surface area contributed by atoms with Crippen LogP contribution in [0, 0.1) is 0 Å². The molecule has 2 nitrogen and oxygen atoms in total. The third-order valence-corrected chi connectivity index (χ3v) is 6.42. The fourth-order valence-corrected chi connectivity index (χ4v) is 4.21. The Morgan fingerprint density at radius 2 is 0.750 bits per heavy atom. The highest BCUT2D eigenvalue weighted by Gasteiger charge is 1.97. The molecule has 0 saturated carbocycles. The molecule has 0 rings (SSSR count). The molecule has 0 atom stereocenters. The first-order valence-corrected chi connectivity index (χ1v) is 15.2. The first-order valence-electron chi connectivity index (χ1n) is 15.2. The highest BCUT2D eigenvalue weighted by molar-refractivity contribution is 5.66. The molecule has 0 fully saturated rings. The quantitative estimate of drug-likeness (QED) is 0.0903. The summed E-state index contributed by atoms with van der Waals surface area (Å²) >= 11 is 0. The highest BCUT2D eigenvalue weighted by atomic mass is 16.4. The lowest BCUT2D eigenvalue weighted by Gasteiger charge is -2.03. The van der Waals surface area contributed by atoms with Gasteiger partial charge in [0, 0.05) is 6.42 Å². The Morgan fingerprint density at radius 3 is 1.11 bits per heavy atom. The van der Waals surface area contributed by atoms with Gasteiger partial charge in [-0.15, -0.1) is 0 Å². The monoisotopic (exact) mass is 498 g/mol. The van der Waals surface area contributed by atoms with Crippen LogP contribution in [0.2, 0.25) is 0 Å². The molecule has 0 unspecified atom stereocenters. The largest absolute Gasteiger partial charge is 0.481 e. The standard InChI is InChI=1S/C34H58O2/c1-2-3-4-5-6-7-8-9-10-11-12-13-14-15-16-17-18-19-20-21-22-23-24-25-26-27-28-29-30-31-32-33-34(35)36/h3-4,6-7,9-10,12-13,15-16H,2,5,8,11,14,17-33H2,1H3,(H,35,36)/b4-3-,7-6-,10-9-,13-12-,16-15-. The number of hydrogen-bond donors (Lipinski definition) is 1. The average Bonchev–Trinajstić information content (AvgIpc) is 2.87. The molecule has 0 saturated heterocycles. The molecule has 206 valence electrons. The van der Waals surface area contributed by atoms with Crippen LogP contribution >= 0.6 is 0 Å². The second kappa shape index (κ2) is 31.2. The SMILES string of the molecule is CC/C=C\C/C=C\C/C=C\C/C=C\C/C=C\CCCCCCCCCCCCCCCCCC(=O)O. The summed E-state index contributed by atoms with van der Waals surface area (Å²) in [5.41, 5.74) is 0. The fourth-order valence-electron chi connectivity index (χ4n) is 4.21. The molecule has 0 radical (unpaired) electrons. The molecule has 0 aliphatic carbocycles. The van der Waals surface area contributed by atoms with Gasteiger partial charge >= 0.3 is 5.97 Å². The number of carboxylic acids is 1. The smallest absolute Gasteiger partial charge is 0.303 e. The van der Waals surface area contributed by atoms with E-state index in [9.17, 15) is 4.79 Å². The average molecular weight is 499 g/mol. The van der Waals surface area contributed by atoms with E-state index in [0.717, 1.165) is 44.9 Å². The summed E-state index contributed by atoms with van der Waals surface area (Å²) in [5, 5.41) is 8.61. The lowest BCUT2D eigenvalue weighted by Crippen LogP contribution is -1.93. The highest BCUT2D eigenvalue weighted by Crippen LogP contribution is 2.14. The number of allylic oxidation sites excluding steroid dienone is 10. The zero-order valence-electron chi connectivity index (χ0n) is 23.7. The fraction of sp³-hybridized carbons (Fsp3) is 0.676. The van der Waals surface area contributed by atoms with Crippen LogP contribution in [0.1, 0.15) is 148 Å².